The molecule has 4 heteroatoms. The van der Waals surface area contributed by atoms with Gasteiger partial charge in [-0.15, -0.1) is 0 Å². The summed E-state index contributed by atoms with van der Waals surface area (Å²) in [6.07, 6.45) is 2.16. The van der Waals surface area contributed by atoms with Crippen LogP contribution in [-0.2, 0) is 9.59 Å². The van der Waals surface area contributed by atoms with E-state index in [4.69, 9.17) is 0 Å². The summed E-state index contributed by atoms with van der Waals surface area (Å²) in [4.78, 5) is 23.7. The maximum absolute atomic E-state index is 11.0. The highest BCUT2D eigenvalue weighted by molar-refractivity contribution is 5.78. The highest BCUT2D eigenvalue weighted by Crippen LogP contribution is 2.29. The number of likely N-dealkylation sites (tertiary alicyclic amines) is 1. The van der Waals surface area contributed by atoms with Crippen molar-refractivity contribution in [1.29, 1.82) is 0 Å². The zero-order valence-corrected chi connectivity index (χ0v) is 8.69. The van der Waals surface area contributed by atoms with Gasteiger partial charge in [0.05, 0.1) is 11.6 Å². The van der Waals surface area contributed by atoms with Gasteiger partial charge in [0.1, 0.15) is 12.1 Å². The van der Waals surface area contributed by atoms with Crippen LogP contribution in [0.2, 0.25) is 0 Å². The van der Waals surface area contributed by atoms with Crippen molar-refractivity contribution < 1.29 is 14.7 Å². The van der Waals surface area contributed by atoms with Crippen molar-refractivity contribution in [3.05, 3.63) is 0 Å². The smallest absolute Gasteiger partial charge is 0.140 e. The minimum atomic E-state index is -1.15. The summed E-state index contributed by atoms with van der Waals surface area (Å²) in [5.74, 6) is -0.0744. The predicted molar refractivity (Wildman–Crippen MR) is 52.0 cm³/mol. The fraction of sp³-hybridized carbons (Fsp3) is 0.800. The van der Waals surface area contributed by atoms with Crippen LogP contribution in [0.4, 0.5) is 0 Å². The third kappa shape index (κ3) is 2.19. The van der Waals surface area contributed by atoms with E-state index in [-0.39, 0.29) is 12.2 Å². The van der Waals surface area contributed by atoms with Gasteiger partial charge in [0.25, 0.3) is 0 Å². The van der Waals surface area contributed by atoms with Crippen molar-refractivity contribution in [2.45, 2.75) is 37.8 Å². The summed E-state index contributed by atoms with van der Waals surface area (Å²) in [5, 5.41) is 10.2. The normalized spacial score (nSPS) is 34.1. The molecule has 1 aliphatic heterocycles. The molecule has 0 amide bonds. The van der Waals surface area contributed by atoms with Gasteiger partial charge in [-0.25, -0.2) is 0 Å². The fourth-order valence-corrected chi connectivity index (χ4v) is 2.19. The summed E-state index contributed by atoms with van der Waals surface area (Å²) in [6.45, 7) is 2.23. The third-order valence-corrected chi connectivity index (χ3v) is 2.83. The molecule has 0 spiro atoms. The van der Waals surface area contributed by atoms with Crippen LogP contribution in [0.25, 0.3) is 0 Å². The number of aliphatic hydroxyl groups is 1. The first kappa shape index (κ1) is 11.3. The minimum absolute atomic E-state index is 0.0702. The number of hydrogen-bond acceptors (Lipinski definition) is 4. The highest BCUT2D eigenvalue weighted by Gasteiger charge is 2.42. The topological polar surface area (TPSA) is 57.6 Å². The van der Waals surface area contributed by atoms with E-state index in [1.54, 1.807) is 11.9 Å². The molecule has 0 bridgehead atoms. The van der Waals surface area contributed by atoms with Crippen LogP contribution in [0.3, 0.4) is 0 Å². The number of aldehydes is 1. The lowest BCUT2D eigenvalue weighted by molar-refractivity contribution is -0.136. The maximum atomic E-state index is 11.0. The molecule has 80 valence electrons. The number of likely N-dealkylation sites (N-methyl/N-ethyl adjacent to an activating group) is 1. The Morgan fingerprint density at radius 3 is 2.86 bits per heavy atom. The molecule has 1 aliphatic rings. The molecular formula is C10H17NO3. The zero-order chi connectivity index (χ0) is 10.8. The summed E-state index contributed by atoms with van der Waals surface area (Å²) in [5.41, 5.74) is -1.15. The standard InChI is InChI=1S/C10H17NO3/c1-8(13)6-10(14)4-3-5-11(2)9(10)7-12/h7,9,14H,3-6H2,1-2H3. The Morgan fingerprint density at radius 2 is 2.36 bits per heavy atom. The number of nitrogens with zero attached hydrogens (tertiary/aromatic N) is 1. The van der Waals surface area contributed by atoms with E-state index < -0.39 is 11.6 Å². The Bertz CT molecular complexity index is 242. The monoisotopic (exact) mass is 199 g/mol. The first-order valence-electron chi connectivity index (χ1n) is 4.87. The van der Waals surface area contributed by atoms with E-state index in [2.05, 4.69) is 0 Å². The van der Waals surface area contributed by atoms with Gasteiger partial charge in [-0.3, -0.25) is 9.69 Å². The van der Waals surface area contributed by atoms with Crippen molar-refractivity contribution in [3.63, 3.8) is 0 Å². The first-order valence-corrected chi connectivity index (χ1v) is 4.87. The Morgan fingerprint density at radius 1 is 1.71 bits per heavy atom. The number of Topliss-reactive ketones (excluding diaryl/α,β-unsaturated/α-hetero) is 1. The lowest BCUT2D eigenvalue weighted by atomic mass is 9.81. The van der Waals surface area contributed by atoms with Crippen LogP contribution < -0.4 is 0 Å². The Labute approximate surface area is 83.9 Å². The average Bonchev–Trinajstić information content (AvgIpc) is 2.02. The summed E-state index contributed by atoms with van der Waals surface area (Å²) in [7, 11) is 1.79. The Hall–Kier alpha value is -0.740. The molecule has 0 aliphatic carbocycles. The van der Waals surface area contributed by atoms with Crippen molar-refractivity contribution in [3.8, 4) is 0 Å². The molecule has 1 N–H and O–H groups in total. The van der Waals surface area contributed by atoms with E-state index in [0.29, 0.717) is 6.42 Å². The molecule has 2 atom stereocenters. The number of ketones is 1. The largest absolute Gasteiger partial charge is 0.387 e. The molecule has 4 nitrogen and oxygen atoms in total. The van der Waals surface area contributed by atoms with Crippen molar-refractivity contribution in [2.24, 2.45) is 0 Å². The van der Waals surface area contributed by atoms with Gasteiger partial charge in [-0.1, -0.05) is 0 Å². The van der Waals surface area contributed by atoms with Gasteiger partial charge in [0.15, 0.2) is 0 Å². The van der Waals surface area contributed by atoms with Gasteiger partial charge in [0, 0.05) is 6.42 Å². The van der Waals surface area contributed by atoms with E-state index in [1.807, 2.05) is 0 Å². The second-order valence-corrected chi connectivity index (χ2v) is 4.15. The Kier molecular flexibility index (Phi) is 3.39. The van der Waals surface area contributed by atoms with E-state index in [1.165, 1.54) is 6.92 Å². The molecule has 0 aromatic carbocycles. The van der Waals surface area contributed by atoms with E-state index in [9.17, 15) is 14.7 Å². The number of carbonyl (C=O) groups is 2. The number of hydrogen-bond donors (Lipinski definition) is 1. The zero-order valence-electron chi connectivity index (χ0n) is 8.69. The van der Waals surface area contributed by atoms with Crippen molar-refractivity contribution >= 4 is 12.1 Å². The first-order chi connectivity index (χ1) is 6.49. The molecule has 1 fully saturated rings. The molecule has 0 radical (unpaired) electrons. The minimum Gasteiger partial charge on any atom is -0.387 e. The van der Waals surface area contributed by atoms with Crippen molar-refractivity contribution in [1.82, 2.24) is 4.90 Å². The molecular weight excluding hydrogens is 182 g/mol. The summed E-state index contributed by atoms with van der Waals surface area (Å²) >= 11 is 0. The van der Waals surface area contributed by atoms with Gasteiger partial charge < -0.3 is 9.90 Å². The molecule has 1 saturated heterocycles. The average molecular weight is 199 g/mol. The molecule has 0 saturated carbocycles. The second-order valence-electron chi connectivity index (χ2n) is 4.15. The van der Waals surface area contributed by atoms with Crippen LogP contribution >= 0.6 is 0 Å². The molecule has 1 heterocycles. The van der Waals surface area contributed by atoms with Crippen LogP contribution in [0, 0.1) is 0 Å². The van der Waals surface area contributed by atoms with Crippen LogP contribution in [0.5, 0.6) is 0 Å². The molecule has 2 unspecified atom stereocenters. The third-order valence-electron chi connectivity index (χ3n) is 2.83. The SMILES string of the molecule is CC(=O)CC1(O)CCCN(C)C1C=O. The Balaban J connectivity index is 2.81. The molecule has 14 heavy (non-hydrogen) atoms. The fourth-order valence-electron chi connectivity index (χ4n) is 2.19. The quantitative estimate of drug-likeness (QED) is 0.649. The molecule has 1 rings (SSSR count). The van der Waals surface area contributed by atoms with Gasteiger partial charge in [0.2, 0.25) is 0 Å². The van der Waals surface area contributed by atoms with Crippen LogP contribution in [0.15, 0.2) is 0 Å². The van der Waals surface area contributed by atoms with E-state index >= 15 is 0 Å². The molecule has 0 aromatic heterocycles. The predicted octanol–water partition coefficient (Wildman–Crippen LogP) is -0.0103. The van der Waals surface area contributed by atoms with E-state index in [0.717, 1.165) is 19.3 Å². The van der Waals surface area contributed by atoms with Gasteiger partial charge in [-0.2, -0.15) is 0 Å². The number of rotatable bonds is 3. The second kappa shape index (κ2) is 4.19. The highest BCUT2D eigenvalue weighted by atomic mass is 16.3. The number of carbonyl (C=O) groups excluding carboxylic acids is 2. The number of piperidine rings is 1. The lowest BCUT2D eigenvalue weighted by Gasteiger charge is -2.42. The maximum Gasteiger partial charge on any atom is 0.140 e. The van der Waals surface area contributed by atoms with Crippen molar-refractivity contribution in [2.75, 3.05) is 13.6 Å². The molecule has 0 aromatic rings. The summed E-state index contributed by atoms with van der Waals surface area (Å²) < 4.78 is 0. The lowest BCUT2D eigenvalue weighted by Crippen LogP contribution is -2.57. The van der Waals surface area contributed by atoms with Gasteiger partial charge in [-0.05, 0) is 33.4 Å². The van der Waals surface area contributed by atoms with Crippen LogP contribution in [-0.4, -0.2) is 47.3 Å². The summed E-state index contributed by atoms with van der Waals surface area (Å²) in [6, 6.07) is -0.542. The van der Waals surface area contributed by atoms with Crippen LogP contribution in [0.1, 0.15) is 26.2 Å². The van der Waals surface area contributed by atoms with Gasteiger partial charge >= 0.3 is 0 Å².